The van der Waals surface area contributed by atoms with Crippen LogP contribution < -0.4 is 11.1 Å². The summed E-state index contributed by atoms with van der Waals surface area (Å²) in [6.45, 7) is 5.11. The molecule has 0 saturated heterocycles. The van der Waals surface area contributed by atoms with Crippen LogP contribution in [0.5, 0.6) is 0 Å². The van der Waals surface area contributed by atoms with Gasteiger partial charge in [0.15, 0.2) is 5.16 Å². The number of ether oxygens (including phenoxy) is 1. The van der Waals surface area contributed by atoms with Gasteiger partial charge in [-0.05, 0) is 13.8 Å². The molecular formula is C11H18N4O3S. The highest BCUT2D eigenvalue weighted by molar-refractivity contribution is 7.99. The van der Waals surface area contributed by atoms with E-state index in [1.165, 1.54) is 11.8 Å². The monoisotopic (exact) mass is 286 g/mol. The van der Waals surface area contributed by atoms with Gasteiger partial charge in [0.1, 0.15) is 0 Å². The second-order valence-corrected chi connectivity index (χ2v) is 4.85. The first-order chi connectivity index (χ1) is 8.95. The average molecular weight is 286 g/mol. The second-order valence-electron chi connectivity index (χ2n) is 3.91. The molecule has 0 aliphatic rings. The molecule has 0 atom stereocenters. The minimum Gasteiger partial charge on any atom is -0.383 e. The number of rotatable bonds is 6. The van der Waals surface area contributed by atoms with Crippen LogP contribution in [0.2, 0.25) is 0 Å². The second kappa shape index (κ2) is 7.15. The van der Waals surface area contributed by atoms with E-state index >= 15 is 0 Å². The summed E-state index contributed by atoms with van der Waals surface area (Å²) >= 11 is 1.26. The van der Waals surface area contributed by atoms with E-state index in [0.29, 0.717) is 13.2 Å². The van der Waals surface area contributed by atoms with Gasteiger partial charge in [-0.1, -0.05) is 11.8 Å². The Morgan fingerprint density at radius 1 is 1.47 bits per heavy atom. The summed E-state index contributed by atoms with van der Waals surface area (Å²) in [5, 5.41) is 2.74. The third kappa shape index (κ3) is 4.56. The maximum atomic E-state index is 11.3. The Bertz CT molecular complexity index is 473. The fourth-order valence-electron chi connectivity index (χ4n) is 1.48. The Morgan fingerprint density at radius 3 is 2.74 bits per heavy atom. The minimum absolute atomic E-state index is 0.0891. The van der Waals surface area contributed by atoms with Crippen LogP contribution in [0.15, 0.2) is 5.16 Å². The third-order valence-corrected chi connectivity index (χ3v) is 3.51. The third-order valence-electron chi connectivity index (χ3n) is 2.54. The Balaban J connectivity index is 2.69. The maximum absolute atomic E-state index is 11.3. The summed E-state index contributed by atoms with van der Waals surface area (Å²) in [6.07, 6.45) is 0. The number of aromatic nitrogens is 2. The summed E-state index contributed by atoms with van der Waals surface area (Å²) in [6, 6.07) is -0.847. The van der Waals surface area contributed by atoms with Crippen molar-refractivity contribution in [2.24, 2.45) is 5.73 Å². The highest BCUT2D eigenvalue weighted by Gasteiger charge is 2.13. The lowest BCUT2D eigenvalue weighted by Gasteiger charge is -2.08. The number of imidazole rings is 1. The number of nitrogens with one attached hydrogen (secondary N) is 1. The number of methoxy groups -OCH3 is 1. The lowest BCUT2D eigenvalue weighted by atomic mass is 10.4. The molecule has 106 valence electrons. The molecule has 0 aliphatic heterocycles. The predicted molar refractivity (Wildman–Crippen MR) is 72.0 cm³/mol. The van der Waals surface area contributed by atoms with Crippen molar-refractivity contribution in [2.75, 3.05) is 19.5 Å². The summed E-state index contributed by atoms with van der Waals surface area (Å²) in [4.78, 5) is 26.3. The Hall–Kier alpha value is -1.54. The van der Waals surface area contributed by atoms with Crippen molar-refractivity contribution in [3.8, 4) is 0 Å². The summed E-state index contributed by atoms with van der Waals surface area (Å²) in [5.74, 6) is -0.347. The SMILES string of the molecule is COCCn1c(SCC(=O)NC(N)=O)nc(C)c1C. The number of carbonyl (C=O) groups is 2. The average Bonchev–Trinajstić information content (AvgIpc) is 2.59. The van der Waals surface area contributed by atoms with Gasteiger partial charge < -0.3 is 15.0 Å². The van der Waals surface area contributed by atoms with Crippen LogP contribution in [0.1, 0.15) is 11.4 Å². The van der Waals surface area contributed by atoms with E-state index in [2.05, 4.69) is 4.98 Å². The molecule has 0 radical (unpaired) electrons. The van der Waals surface area contributed by atoms with Gasteiger partial charge in [0.2, 0.25) is 5.91 Å². The van der Waals surface area contributed by atoms with Crippen molar-refractivity contribution in [1.82, 2.24) is 14.9 Å². The van der Waals surface area contributed by atoms with Crippen molar-refractivity contribution >= 4 is 23.7 Å². The minimum atomic E-state index is -0.847. The summed E-state index contributed by atoms with van der Waals surface area (Å²) < 4.78 is 7.03. The number of nitrogens with two attached hydrogens (primary N) is 1. The van der Waals surface area contributed by atoms with Crippen LogP contribution in [0.4, 0.5) is 4.79 Å². The van der Waals surface area contributed by atoms with Gasteiger partial charge in [-0.3, -0.25) is 10.1 Å². The zero-order valence-corrected chi connectivity index (χ0v) is 12.0. The van der Waals surface area contributed by atoms with Gasteiger partial charge >= 0.3 is 6.03 Å². The van der Waals surface area contributed by atoms with Crippen molar-refractivity contribution in [3.63, 3.8) is 0 Å². The Labute approximate surface area is 115 Å². The number of imide groups is 1. The van der Waals surface area contributed by atoms with Crippen LogP contribution in [0.25, 0.3) is 0 Å². The largest absolute Gasteiger partial charge is 0.383 e. The van der Waals surface area contributed by atoms with Crippen LogP contribution in [0.3, 0.4) is 0 Å². The van der Waals surface area contributed by atoms with Crippen LogP contribution in [0, 0.1) is 13.8 Å². The summed E-state index contributed by atoms with van der Waals surface area (Å²) in [5.41, 5.74) is 6.82. The molecule has 0 saturated carbocycles. The van der Waals surface area contributed by atoms with Crippen molar-refractivity contribution in [1.29, 1.82) is 0 Å². The molecule has 0 bridgehead atoms. The standard InChI is InChI=1S/C11H18N4O3S/c1-7-8(2)15(4-5-18-3)11(13-7)19-6-9(16)14-10(12)17/h4-6H2,1-3H3,(H3,12,14,16,17). The first kappa shape index (κ1) is 15.5. The molecule has 0 spiro atoms. The molecule has 0 unspecified atom stereocenters. The molecule has 1 heterocycles. The Morgan fingerprint density at radius 2 is 2.16 bits per heavy atom. The number of hydrogen-bond acceptors (Lipinski definition) is 5. The smallest absolute Gasteiger partial charge is 0.318 e. The number of nitrogens with zero attached hydrogens (tertiary/aromatic N) is 2. The van der Waals surface area contributed by atoms with Gasteiger partial charge in [0.05, 0.1) is 18.1 Å². The Kier molecular flexibility index (Phi) is 5.84. The molecule has 0 aliphatic carbocycles. The molecule has 0 aromatic carbocycles. The van der Waals surface area contributed by atoms with Crippen molar-refractivity contribution in [3.05, 3.63) is 11.4 Å². The lowest BCUT2D eigenvalue weighted by molar-refractivity contribution is -0.117. The van der Waals surface area contributed by atoms with E-state index < -0.39 is 11.9 Å². The van der Waals surface area contributed by atoms with Gasteiger partial charge in [0.25, 0.3) is 0 Å². The van der Waals surface area contributed by atoms with Crippen molar-refractivity contribution in [2.45, 2.75) is 25.5 Å². The van der Waals surface area contributed by atoms with E-state index in [-0.39, 0.29) is 5.75 Å². The molecular weight excluding hydrogens is 268 g/mol. The molecule has 8 heteroatoms. The number of urea groups is 1. The molecule has 19 heavy (non-hydrogen) atoms. The number of thioether (sulfide) groups is 1. The predicted octanol–water partition coefficient (Wildman–Crippen LogP) is 0.433. The number of primary amides is 1. The zero-order chi connectivity index (χ0) is 14.4. The van der Waals surface area contributed by atoms with E-state index in [1.54, 1.807) is 7.11 Å². The highest BCUT2D eigenvalue weighted by Crippen LogP contribution is 2.20. The zero-order valence-electron chi connectivity index (χ0n) is 11.2. The molecule has 1 rings (SSSR count). The molecule has 3 N–H and O–H groups in total. The number of carbonyl (C=O) groups excluding carboxylic acids is 2. The molecule has 3 amide bonds. The number of hydrogen-bond donors (Lipinski definition) is 2. The van der Waals surface area contributed by atoms with Gasteiger partial charge in [-0.25, -0.2) is 9.78 Å². The molecule has 0 fully saturated rings. The quantitative estimate of drug-likeness (QED) is 0.739. The van der Waals surface area contributed by atoms with Crippen LogP contribution in [-0.4, -0.2) is 41.0 Å². The van der Waals surface area contributed by atoms with Crippen LogP contribution >= 0.6 is 11.8 Å². The van der Waals surface area contributed by atoms with E-state index in [1.807, 2.05) is 23.7 Å². The van der Waals surface area contributed by atoms with Gasteiger partial charge in [-0.2, -0.15) is 0 Å². The number of aryl methyl sites for hydroxylation is 1. The lowest BCUT2D eigenvalue weighted by Crippen LogP contribution is -2.36. The highest BCUT2D eigenvalue weighted by atomic mass is 32.2. The molecule has 7 nitrogen and oxygen atoms in total. The first-order valence-electron chi connectivity index (χ1n) is 5.70. The molecule has 1 aromatic heterocycles. The van der Waals surface area contributed by atoms with Crippen LogP contribution in [-0.2, 0) is 16.1 Å². The number of amides is 3. The maximum Gasteiger partial charge on any atom is 0.318 e. The summed E-state index contributed by atoms with van der Waals surface area (Å²) in [7, 11) is 1.63. The van der Waals surface area contributed by atoms with Gasteiger partial charge in [0, 0.05) is 19.3 Å². The topological polar surface area (TPSA) is 99.2 Å². The van der Waals surface area contributed by atoms with Crippen molar-refractivity contribution < 1.29 is 14.3 Å². The molecule has 1 aromatic rings. The normalized spacial score (nSPS) is 10.5. The fourth-order valence-corrected chi connectivity index (χ4v) is 2.40. The van der Waals surface area contributed by atoms with Gasteiger partial charge in [-0.15, -0.1) is 0 Å². The van der Waals surface area contributed by atoms with E-state index in [4.69, 9.17) is 10.5 Å². The van der Waals surface area contributed by atoms with E-state index in [0.717, 1.165) is 16.5 Å². The van der Waals surface area contributed by atoms with E-state index in [9.17, 15) is 9.59 Å². The first-order valence-corrected chi connectivity index (χ1v) is 6.69. The fraction of sp³-hybridized carbons (Fsp3) is 0.545.